The summed E-state index contributed by atoms with van der Waals surface area (Å²) in [5.41, 5.74) is 0. The number of hydrogen-bond donors (Lipinski definition) is 1. The standard InChI is InChI=1S/C24H31NO2Si/c1-6-22(19(2)17-25)23(26)18-27-28(24(3,4)5,20-13-9-7-10-14-20)21-15-11-8-12-16-21/h6-16,19,22-23,26H,1,18H2,2-5H3/t19?,22-,23-/m0/s1. The Labute approximate surface area is 170 Å². The summed E-state index contributed by atoms with van der Waals surface area (Å²) in [6.07, 6.45) is 0.876. The fourth-order valence-electron chi connectivity index (χ4n) is 3.86. The van der Waals surface area contributed by atoms with Crippen LogP contribution in [-0.2, 0) is 4.43 Å². The van der Waals surface area contributed by atoms with Crippen LogP contribution in [0.3, 0.4) is 0 Å². The second-order valence-electron chi connectivity index (χ2n) is 8.27. The van der Waals surface area contributed by atoms with Crippen LogP contribution in [0.4, 0.5) is 0 Å². The number of benzene rings is 2. The molecule has 0 heterocycles. The largest absolute Gasteiger partial charge is 0.405 e. The Morgan fingerprint density at radius 1 is 1.07 bits per heavy atom. The van der Waals surface area contributed by atoms with Crippen LogP contribution >= 0.6 is 0 Å². The molecule has 0 aliphatic carbocycles. The third kappa shape index (κ3) is 4.44. The average Bonchev–Trinajstić information content (AvgIpc) is 2.69. The summed E-state index contributed by atoms with van der Waals surface area (Å²) in [6, 6.07) is 22.9. The Kier molecular flexibility index (Phi) is 7.37. The molecule has 0 spiro atoms. The molecule has 28 heavy (non-hydrogen) atoms. The highest BCUT2D eigenvalue weighted by Crippen LogP contribution is 2.37. The fraction of sp³-hybridized carbons (Fsp3) is 0.375. The van der Waals surface area contributed by atoms with E-state index in [1.54, 1.807) is 13.0 Å². The van der Waals surface area contributed by atoms with Crippen LogP contribution in [-0.4, -0.2) is 26.1 Å². The highest BCUT2D eigenvalue weighted by Gasteiger charge is 2.50. The molecule has 1 N–H and O–H groups in total. The van der Waals surface area contributed by atoms with E-state index in [0.717, 1.165) is 0 Å². The summed E-state index contributed by atoms with van der Waals surface area (Å²) in [6.45, 7) is 12.4. The maximum atomic E-state index is 10.8. The van der Waals surface area contributed by atoms with Crippen molar-refractivity contribution >= 4 is 18.7 Å². The number of hydrogen-bond acceptors (Lipinski definition) is 3. The lowest BCUT2D eigenvalue weighted by Gasteiger charge is -2.43. The lowest BCUT2D eigenvalue weighted by atomic mass is 9.90. The molecular formula is C24H31NO2Si. The molecule has 0 aliphatic rings. The first-order chi connectivity index (χ1) is 13.3. The fourth-order valence-corrected chi connectivity index (χ4v) is 8.44. The Morgan fingerprint density at radius 2 is 1.54 bits per heavy atom. The molecule has 1 unspecified atom stereocenters. The van der Waals surface area contributed by atoms with E-state index in [-0.39, 0.29) is 23.5 Å². The molecule has 2 aromatic rings. The Morgan fingerprint density at radius 3 is 1.89 bits per heavy atom. The van der Waals surface area contributed by atoms with Crippen molar-refractivity contribution < 1.29 is 9.53 Å². The van der Waals surface area contributed by atoms with E-state index in [0.29, 0.717) is 0 Å². The van der Waals surface area contributed by atoms with Gasteiger partial charge in [-0.05, 0) is 22.3 Å². The predicted octanol–water partition coefficient (Wildman–Crippen LogP) is 3.89. The molecule has 0 saturated carbocycles. The minimum absolute atomic E-state index is 0.153. The number of aliphatic hydroxyl groups is 1. The highest BCUT2D eigenvalue weighted by atomic mass is 28.4. The molecule has 148 valence electrons. The number of nitrogens with zero attached hydrogens (tertiary/aromatic N) is 1. The molecule has 2 aromatic carbocycles. The second-order valence-corrected chi connectivity index (χ2v) is 12.6. The smallest absolute Gasteiger partial charge is 0.261 e. The molecule has 4 heteroatoms. The molecule has 0 bridgehead atoms. The van der Waals surface area contributed by atoms with Gasteiger partial charge in [0.1, 0.15) is 0 Å². The first-order valence-corrected chi connectivity index (χ1v) is 11.6. The third-order valence-electron chi connectivity index (χ3n) is 5.38. The van der Waals surface area contributed by atoms with Crippen LogP contribution < -0.4 is 10.4 Å². The van der Waals surface area contributed by atoms with Crippen LogP contribution in [0.2, 0.25) is 5.04 Å². The lowest BCUT2D eigenvalue weighted by Crippen LogP contribution is -2.67. The van der Waals surface area contributed by atoms with Gasteiger partial charge in [-0.1, -0.05) is 87.5 Å². The normalized spacial score (nSPS) is 15.3. The van der Waals surface area contributed by atoms with Crippen molar-refractivity contribution in [1.82, 2.24) is 0 Å². The molecule has 0 fully saturated rings. The van der Waals surface area contributed by atoms with Gasteiger partial charge < -0.3 is 9.53 Å². The van der Waals surface area contributed by atoms with Crippen LogP contribution in [0.25, 0.3) is 0 Å². The zero-order chi connectivity index (χ0) is 20.8. The molecule has 0 aliphatic heterocycles. The second kappa shape index (κ2) is 9.34. The van der Waals surface area contributed by atoms with Crippen molar-refractivity contribution in [2.75, 3.05) is 6.61 Å². The van der Waals surface area contributed by atoms with Crippen molar-refractivity contribution in [3.05, 3.63) is 73.3 Å². The Balaban J connectivity index is 2.50. The van der Waals surface area contributed by atoms with E-state index in [1.807, 2.05) is 36.4 Å². The molecule has 0 aromatic heterocycles. The van der Waals surface area contributed by atoms with E-state index < -0.39 is 14.4 Å². The first kappa shape index (κ1) is 22.1. The van der Waals surface area contributed by atoms with Crippen LogP contribution in [0.1, 0.15) is 27.7 Å². The maximum absolute atomic E-state index is 10.8. The van der Waals surface area contributed by atoms with Gasteiger partial charge in [0.2, 0.25) is 0 Å². The third-order valence-corrected chi connectivity index (χ3v) is 10.4. The summed E-state index contributed by atoms with van der Waals surface area (Å²) < 4.78 is 6.74. The maximum Gasteiger partial charge on any atom is 0.261 e. The van der Waals surface area contributed by atoms with Gasteiger partial charge >= 0.3 is 0 Å². The molecular weight excluding hydrogens is 362 g/mol. The van der Waals surface area contributed by atoms with Crippen LogP contribution in [0.15, 0.2) is 73.3 Å². The van der Waals surface area contributed by atoms with Gasteiger partial charge in [0.05, 0.1) is 24.7 Å². The van der Waals surface area contributed by atoms with Gasteiger partial charge in [-0.2, -0.15) is 5.26 Å². The monoisotopic (exact) mass is 393 g/mol. The van der Waals surface area contributed by atoms with Gasteiger partial charge in [-0.3, -0.25) is 0 Å². The lowest BCUT2D eigenvalue weighted by molar-refractivity contribution is 0.0590. The van der Waals surface area contributed by atoms with Crippen molar-refractivity contribution in [3.8, 4) is 6.07 Å². The number of nitriles is 1. The highest BCUT2D eigenvalue weighted by molar-refractivity contribution is 6.99. The van der Waals surface area contributed by atoms with E-state index in [4.69, 9.17) is 4.43 Å². The molecule has 3 nitrogen and oxygen atoms in total. The van der Waals surface area contributed by atoms with Gasteiger partial charge in [-0.15, -0.1) is 6.58 Å². The van der Waals surface area contributed by atoms with Crippen LogP contribution in [0, 0.1) is 23.2 Å². The van der Waals surface area contributed by atoms with Gasteiger partial charge in [-0.25, -0.2) is 0 Å². The first-order valence-electron chi connectivity index (χ1n) is 9.73. The Hall–Kier alpha value is -2.19. The van der Waals surface area contributed by atoms with E-state index in [1.165, 1.54) is 10.4 Å². The number of aliphatic hydroxyl groups excluding tert-OH is 1. The number of rotatable bonds is 8. The van der Waals surface area contributed by atoms with Crippen molar-refractivity contribution in [2.24, 2.45) is 11.8 Å². The van der Waals surface area contributed by atoms with Crippen LogP contribution in [0.5, 0.6) is 0 Å². The predicted molar refractivity (Wildman–Crippen MR) is 118 cm³/mol. The van der Waals surface area contributed by atoms with Gasteiger partial charge in [0.15, 0.2) is 0 Å². The minimum atomic E-state index is -2.69. The van der Waals surface area contributed by atoms with E-state index in [2.05, 4.69) is 57.7 Å². The van der Waals surface area contributed by atoms with E-state index in [9.17, 15) is 10.4 Å². The molecule has 0 amide bonds. The zero-order valence-electron chi connectivity index (χ0n) is 17.3. The Bertz CT molecular complexity index is 753. The summed E-state index contributed by atoms with van der Waals surface area (Å²) in [5.74, 6) is -0.654. The van der Waals surface area contributed by atoms with E-state index >= 15 is 0 Å². The van der Waals surface area contributed by atoms with Gasteiger partial charge in [0.25, 0.3) is 8.32 Å². The van der Waals surface area contributed by atoms with Crippen molar-refractivity contribution in [1.29, 1.82) is 5.26 Å². The summed E-state index contributed by atoms with van der Waals surface area (Å²) in [7, 11) is -2.69. The van der Waals surface area contributed by atoms with Gasteiger partial charge in [0, 0.05) is 5.92 Å². The summed E-state index contributed by atoms with van der Waals surface area (Å²) in [5, 5.41) is 22.3. The van der Waals surface area contributed by atoms with Crippen molar-refractivity contribution in [3.63, 3.8) is 0 Å². The van der Waals surface area contributed by atoms with Crippen molar-refractivity contribution in [2.45, 2.75) is 38.8 Å². The summed E-state index contributed by atoms with van der Waals surface area (Å²) >= 11 is 0. The zero-order valence-corrected chi connectivity index (χ0v) is 18.3. The molecule has 2 rings (SSSR count). The summed E-state index contributed by atoms with van der Waals surface area (Å²) in [4.78, 5) is 0. The molecule has 0 radical (unpaired) electrons. The minimum Gasteiger partial charge on any atom is -0.405 e. The topological polar surface area (TPSA) is 53.2 Å². The molecule has 3 atom stereocenters. The quantitative estimate of drug-likeness (QED) is 0.547. The average molecular weight is 394 g/mol. The molecule has 0 saturated heterocycles. The SMILES string of the molecule is C=C[C@@H](C(C)C#N)[C@@H](O)CO[Si](c1ccccc1)(c1ccccc1)C(C)(C)C.